The number of para-hydroxylation sites is 2. The molecule has 0 atom stereocenters. The molecule has 0 aliphatic heterocycles. The SMILES string of the molecule is Cc1nc(NC(=O)CCn2c(=O)oc3ccccc32)sc1-c1nccn1C(F)F. The van der Waals surface area contributed by atoms with Gasteiger partial charge in [-0.1, -0.05) is 23.5 Å². The number of carbonyl (C=O) groups excluding carboxylic acids is 1. The third kappa shape index (κ3) is 3.68. The number of oxazole rings is 1. The molecule has 11 heteroatoms. The fourth-order valence-corrected chi connectivity index (χ4v) is 3.91. The second-order valence-electron chi connectivity index (χ2n) is 6.15. The van der Waals surface area contributed by atoms with Crippen molar-refractivity contribution < 1.29 is 18.0 Å². The third-order valence-electron chi connectivity index (χ3n) is 4.26. The summed E-state index contributed by atoms with van der Waals surface area (Å²) in [5, 5.41) is 2.92. The van der Waals surface area contributed by atoms with Crippen LogP contribution in [-0.2, 0) is 11.3 Å². The molecule has 4 aromatic rings. The van der Waals surface area contributed by atoms with Crippen LogP contribution in [0.4, 0.5) is 13.9 Å². The number of alkyl halides is 2. The molecule has 0 unspecified atom stereocenters. The fraction of sp³-hybridized carbons (Fsp3) is 0.222. The molecule has 150 valence electrons. The van der Waals surface area contributed by atoms with Crippen molar-refractivity contribution in [3.8, 4) is 10.7 Å². The summed E-state index contributed by atoms with van der Waals surface area (Å²) in [6, 6.07) is 6.94. The van der Waals surface area contributed by atoms with Crippen LogP contribution in [0.2, 0.25) is 0 Å². The molecule has 0 spiro atoms. The number of nitrogens with one attached hydrogen (secondary N) is 1. The number of thiazole rings is 1. The predicted octanol–water partition coefficient (Wildman–Crippen LogP) is 3.65. The fourth-order valence-electron chi connectivity index (χ4n) is 2.92. The molecule has 8 nitrogen and oxygen atoms in total. The molecule has 1 aromatic carbocycles. The number of aromatic nitrogens is 4. The molecular formula is C18H15F2N5O3S. The van der Waals surface area contributed by atoms with E-state index in [9.17, 15) is 18.4 Å². The number of nitrogens with zero attached hydrogens (tertiary/aromatic N) is 4. The number of aryl methyl sites for hydroxylation is 2. The lowest BCUT2D eigenvalue weighted by atomic mass is 10.3. The molecule has 0 saturated heterocycles. The summed E-state index contributed by atoms with van der Waals surface area (Å²) in [5.41, 5.74) is 1.54. The molecule has 0 fully saturated rings. The number of anilines is 1. The first-order chi connectivity index (χ1) is 13.9. The third-order valence-corrected chi connectivity index (χ3v) is 5.33. The van der Waals surface area contributed by atoms with Gasteiger partial charge in [0.05, 0.1) is 16.1 Å². The van der Waals surface area contributed by atoms with Crippen LogP contribution in [0.5, 0.6) is 0 Å². The quantitative estimate of drug-likeness (QED) is 0.515. The van der Waals surface area contributed by atoms with Gasteiger partial charge >= 0.3 is 12.3 Å². The number of hydrogen-bond acceptors (Lipinski definition) is 6. The molecule has 1 amide bonds. The van der Waals surface area contributed by atoms with E-state index in [1.165, 1.54) is 17.0 Å². The number of rotatable bonds is 6. The van der Waals surface area contributed by atoms with Crippen LogP contribution in [0, 0.1) is 6.92 Å². The van der Waals surface area contributed by atoms with E-state index in [2.05, 4.69) is 15.3 Å². The number of carbonyl (C=O) groups is 1. The first-order valence-corrected chi connectivity index (χ1v) is 9.42. The molecule has 4 rings (SSSR count). The van der Waals surface area contributed by atoms with Crippen LogP contribution in [0.1, 0.15) is 18.7 Å². The summed E-state index contributed by atoms with van der Waals surface area (Å²) >= 11 is 1.06. The Bertz CT molecular complexity index is 1240. The Hall–Kier alpha value is -3.34. The average molecular weight is 419 g/mol. The first kappa shape index (κ1) is 19.0. The number of imidazole rings is 1. The highest BCUT2D eigenvalue weighted by Gasteiger charge is 2.19. The lowest BCUT2D eigenvalue weighted by molar-refractivity contribution is -0.116. The minimum Gasteiger partial charge on any atom is -0.408 e. The van der Waals surface area contributed by atoms with E-state index in [0.29, 0.717) is 21.7 Å². The van der Waals surface area contributed by atoms with Gasteiger partial charge in [-0.15, -0.1) is 0 Å². The smallest absolute Gasteiger partial charge is 0.408 e. The highest BCUT2D eigenvalue weighted by molar-refractivity contribution is 7.19. The highest BCUT2D eigenvalue weighted by atomic mass is 32.1. The Kier molecular flexibility index (Phi) is 4.97. The van der Waals surface area contributed by atoms with Gasteiger partial charge in [0.25, 0.3) is 0 Å². The summed E-state index contributed by atoms with van der Waals surface area (Å²) in [7, 11) is 0. The number of amides is 1. The normalized spacial score (nSPS) is 11.4. The van der Waals surface area contributed by atoms with E-state index in [1.54, 1.807) is 31.2 Å². The first-order valence-electron chi connectivity index (χ1n) is 8.61. The maximum Gasteiger partial charge on any atom is 0.419 e. The maximum absolute atomic E-state index is 13.1. The topological polar surface area (TPSA) is 94.9 Å². The van der Waals surface area contributed by atoms with Gasteiger partial charge in [-0.05, 0) is 19.1 Å². The van der Waals surface area contributed by atoms with Crippen LogP contribution in [-0.4, -0.2) is 25.0 Å². The minimum absolute atomic E-state index is 0.0169. The van der Waals surface area contributed by atoms with E-state index in [1.807, 2.05) is 0 Å². The van der Waals surface area contributed by atoms with E-state index >= 15 is 0 Å². The van der Waals surface area contributed by atoms with E-state index in [4.69, 9.17) is 4.42 Å². The van der Waals surface area contributed by atoms with Crippen LogP contribution >= 0.6 is 11.3 Å². The van der Waals surface area contributed by atoms with E-state index in [-0.39, 0.29) is 29.8 Å². The average Bonchev–Trinajstić information content (AvgIpc) is 3.36. The predicted molar refractivity (Wildman–Crippen MR) is 103 cm³/mol. The molecule has 0 aliphatic rings. The molecule has 0 radical (unpaired) electrons. The van der Waals surface area contributed by atoms with Crippen molar-refractivity contribution in [3.63, 3.8) is 0 Å². The Morgan fingerprint density at radius 3 is 2.93 bits per heavy atom. The Balaban J connectivity index is 1.47. The number of hydrogen-bond donors (Lipinski definition) is 1. The zero-order valence-corrected chi connectivity index (χ0v) is 15.9. The monoisotopic (exact) mass is 419 g/mol. The van der Waals surface area contributed by atoms with Gasteiger partial charge in [0.15, 0.2) is 16.5 Å². The van der Waals surface area contributed by atoms with Crippen LogP contribution in [0.3, 0.4) is 0 Å². The highest BCUT2D eigenvalue weighted by Crippen LogP contribution is 2.33. The van der Waals surface area contributed by atoms with Crippen molar-refractivity contribution in [3.05, 3.63) is 52.9 Å². The van der Waals surface area contributed by atoms with Gasteiger partial charge < -0.3 is 9.73 Å². The standard InChI is InChI=1S/C18H15F2N5O3S/c1-10-14(15-21-7-9-25(15)16(19)20)29-17(22-10)23-13(26)6-8-24-11-4-2-3-5-12(11)28-18(24)27/h2-5,7,9,16H,6,8H2,1H3,(H,22,23,26). The summed E-state index contributed by atoms with van der Waals surface area (Å²) < 4.78 is 33.4. The van der Waals surface area contributed by atoms with Crippen molar-refractivity contribution in [2.75, 3.05) is 5.32 Å². The minimum atomic E-state index is -2.73. The molecule has 0 aliphatic carbocycles. The Labute approximate surface area is 166 Å². The largest absolute Gasteiger partial charge is 0.419 e. The number of fused-ring (bicyclic) bond motifs is 1. The molecule has 3 heterocycles. The van der Waals surface area contributed by atoms with Crippen molar-refractivity contribution >= 4 is 33.5 Å². The van der Waals surface area contributed by atoms with Crippen LogP contribution < -0.4 is 11.1 Å². The van der Waals surface area contributed by atoms with Crippen LogP contribution in [0.25, 0.3) is 21.8 Å². The Morgan fingerprint density at radius 1 is 1.34 bits per heavy atom. The molecule has 0 saturated carbocycles. The second kappa shape index (κ2) is 7.59. The molecule has 0 bridgehead atoms. The molecular weight excluding hydrogens is 404 g/mol. The zero-order chi connectivity index (χ0) is 20.5. The van der Waals surface area contributed by atoms with Gasteiger partial charge in [0, 0.05) is 25.4 Å². The van der Waals surface area contributed by atoms with Gasteiger partial charge in [-0.2, -0.15) is 8.78 Å². The van der Waals surface area contributed by atoms with Gasteiger partial charge in [-0.3, -0.25) is 13.9 Å². The van der Waals surface area contributed by atoms with Crippen molar-refractivity contribution in [1.82, 2.24) is 19.1 Å². The van der Waals surface area contributed by atoms with Crippen molar-refractivity contribution in [2.24, 2.45) is 0 Å². The summed E-state index contributed by atoms with van der Waals surface area (Å²) in [6.07, 6.45) is 2.49. The van der Waals surface area contributed by atoms with Crippen LogP contribution in [0.15, 0.2) is 45.9 Å². The molecule has 3 aromatic heterocycles. The summed E-state index contributed by atoms with van der Waals surface area (Å²) in [5.74, 6) is -0.809. The van der Waals surface area contributed by atoms with Crippen molar-refractivity contribution in [1.29, 1.82) is 0 Å². The lowest BCUT2D eigenvalue weighted by Gasteiger charge is -2.04. The molecule has 1 N–H and O–H groups in total. The number of halogens is 2. The van der Waals surface area contributed by atoms with E-state index in [0.717, 1.165) is 15.9 Å². The van der Waals surface area contributed by atoms with Gasteiger partial charge in [-0.25, -0.2) is 14.8 Å². The zero-order valence-electron chi connectivity index (χ0n) is 15.1. The van der Waals surface area contributed by atoms with Crippen molar-refractivity contribution in [2.45, 2.75) is 26.4 Å². The van der Waals surface area contributed by atoms with Gasteiger partial charge in [0.2, 0.25) is 5.91 Å². The molecule has 29 heavy (non-hydrogen) atoms. The summed E-state index contributed by atoms with van der Waals surface area (Å²) in [6.45, 7) is -0.937. The maximum atomic E-state index is 13.1. The number of benzene rings is 1. The van der Waals surface area contributed by atoms with E-state index < -0.39 is 12.3 Å². The Morgan fingerprint density at radius 2 is 2.14 bits per heavy atom. The second-order valence-corrected chi connectivity index (χ2v) is 7.15. The summed E-state index contributed by atoms with van der Waals surface area (Å²) in [4.78, 5) is 32.9. The van der Waals surface area contributed by atoms with Gasteiger partial charge in [0.1, 0.15) is 0 Å². The lowest BCUT2D eigenvalue weighted by Crippen LogP contribution is -2.19.